The lowest BCUT2D eigenvalue weighted by Crippen LogP contribution is -1.93. The summed E-state index contributed by atoms with van der Waals surface area (Å²) in [5.41, 5.74) is 4.15. The average Bonchev–Trinajstić information content (AvgIpc) is 2.85. The summed E-state index contributed by atoms with van der Waals surface area (Å²) in [6.45, 7) is 7.49. The zero-order chi connectivity index (χ0) is 10.1. The molecule has 14 heavy (non-hydrogen) atoms. The number of benzene rings is 1. The molecule has 0 aliphatic carbocycles. The Morgan fingerprint density at radius 2 is 1.86 bits per heavy atom. The number of thioether (sulfide) groups is 1. The van der Waals surface area contributed by atoms with Crippen LogP contribution in [0, 0.1) is 20.8 Å². The Hall–Kier alpha value is -0.470. The maximum atomic E-state index is 5.21. The molecule has 1 heterocycles. The monoisotopic (exact) mass is 208 g/mol. The fourth-order valence-corrected chi connectivity index (χ4v) is 2.85. The number of hydrogen-bond acceptors (Lipinski definition) is 2. The molecule has 0 radical (unpaired) electrons. The molecule has 0 amide bonds. The van der Waals surface area contributed by atoms with Crippen LogP contribution in [0.5, 0.6) is 0 Å². The molecule has 1 aliphatic rings. The number of aryl methyl sites for hydroxylation is 3. The molecule has 1 saturated heterocycles. The summed E-state index contributed by atoms with van der Waals surface area (Å²) in [4.78, 5) is 1.44. The van der Waals surface area contributed by atoms with E-state index in [1.54, 1.807) is 0 Å². The molecule has 0 spiro atoms. The van der Waals surface area contributed by atoms with E-state index in [1.165, 1.54) is 21.6 Å². The maximum Gasteiger partial charge on any atom is 0.0903 e. The molecule has 0 bridgehead atoms. The van der Waals surface area contributed by atoms with Crippen molar-refractivity contribution in [3.8, 4) is 0 Å². The van der Waals surface area contributed by atoms with Gasteiger partial charge in [0.25, 0.3) is 0 Å². The van der Waals surface area contributed by atoms with Gasteiger partial charge in [0, 0.05) is 10.6 Å². The van der Waals surface area contributed by atoms with Gasteiger partial charge < -0.3 is 4.74 Å². The highest BCUT2D eigenvalue weighted by molar-refractivity contribution is 7.99. The van der Waals surface area contributed by atoms with Gasteiger partial charge >= 0.3 is 0 Å². The van der Waals surface area contributed by atoms with Crippen molar-refractivity contribution in [2.24, 2.45) is 0 Å². The first kappa shape index (κ1) is 10.1. The van der Waals surface area contributed by atoms with Gasteiger partial charge in [-0.25, -0.2) is 0 Å². The number of hydrogen-bond donors (Lipinski definition) is 0. The van der Waals surface area contributed by atoms with Crippen molar-refractivity contribution in [1.82, 2.24) is 0 Å². The molecule has 0 saturated carbocycles. The van der Waals surface area contributed by atoms with Gasteiger partial charge in [-0.2, -0.15) is 0 Å². The zero-order valence-electron chi connectivity index (χ0n) is 8.96. The molecule has 0 N–H and O–H groups in total. The van der Waals surface area contributed by atoms with Crippen LogP contribution in [0.2, 0.25) is 0 Å². The van der Waals surface area contributed by atoms with Crippen LogP contribution >= 0.6 is 11.8 Å². The van der Waals surface area contributed by atoms with Crippen molar-refractivity contribution in [1.29, 1.82) is 0 Å². The highest BCUT2D eigenvalue weighted by Crippen LogP contribution is 2.30. The number of ether oxygens (including phenoxy) is 1. The summed E-state index contributed by atoms with van der Waals surface area (Å²) < 4.78 is 5.21. The normalized spacial score (nSPS) is 19.8. The zero-order valence-corrected chi connectivity index (χ0v) is 9.78. The highest BCUT2D eigenvalue weighted by atomic mass is 32.2. The van der Waals surface area contributed by atoms with Crippen LogP contribution in [0.25, 0.3) is 0 Å². The van der Waals surface area contributed by atoms with Gasteiger partial charge in [-0.15, -0.1) is 11.8 Å². The minimum atomic E-state index is 0.514. The van der Waals surface area contributed by atoms with Crippen LogP contribution in [-0.4, -0.2) is 18.5 Å². The smallest absolute Gasteiger partial charge is 0.0903 e. The van der Waals surface area contributed by atoms with E-state index < -0.39 is 0 Å². The van der Waals surface area contributed by atoms with Crippen LogP contribution in [0.4, 0.5) is 0 Å². The van der Waals surface area contributed by atoms with E-state index in [1.807, 2.05) is 11.8 Å². The second-order valence-electron chi connectivity index (χ2n) is 3.99. The maximum absolute atomic E-state index is 5.21. The summed E-state index contributed by atoms with van der Waals surface area (Å²) >= 11 is 1.93. The quantitative estimate of drug-likeness (QED) is 0.559. The molecule has 0 aromatic heterocycles. The predicted molar refractivity (Wildman–Crippen MR) is 61.1 cm³/mol. The first-order valence-electron chi connectivity index (χ1n) is 4.99. The molecular formula is C12H16OS. The molecule has 2 heteroatoms. The molecule has 2 rings (SSSR count). The van der Waals surface area contributed by atoms with Crippen molar-refractivity contribution in [2.45, 2.75) is 31.8 Å². The van der Waals surface area contributed by atoms with E-state index >= 15 is 0 Å². The fraction of sp³-hybridized carbons (Fsp3) is 0.500. The lowest BCUT2D eigenvalue weighted by atomic mass is 10.1. The molecular weight excluding hydrogens is 192 g/mol. The fourth-order valence-electron chi connectivity index (χ4n) is 1.73. The number of rotatable bonds is 3. The van der Waals surface area contributed by atoms with Gasteiger partial charge in [0.05, 0.1) is 12.7 Å². The molecule has 1 aromatic carbocycles. The average molecular weight is 208 g/mol. The van der Waals surface area contributed by atoms with Crippen LogP contribution in [0.15, 0.2) is 17.0 Å². The summed E-state index contributed by atoms with van der Waals surface area (Å²) in [6, 6.07) is 4.51. The van der Waals surface area contributed by atoms with E-state index in [-0.39, 0.29) is 0 Å². The second-order valence-corrected chi connectivity index (χ2v) is 5.02. The first-order valence-corrected chi connectivity index (χ1v) is 5.97. The third-order valence-corrected chi connectivity index (χ3v) is 3.89. The molecule has 1 aromatic rings. The van der Waals surface area contributed by atoms with Gasteiger partial charge in [0.2, 0.25) is 0 Å². The Labute approximate surface area is 89.9 Å². The molecule has 1 unspecified atom stereocenters. The molecule has 76 valence electrons. The van der Waals surface area contributed by atoms with Crippen LogP contribution in [0.1, 0.15) is 16.7 Å². The number of epoxide rings is 1. The Morgan fingerprint density at radius 1 is 1.29 bits per heavy atom. The standard InChI is InChI=1S/C12H16OS/c1-8-4-9(2)12(10(3)5-8)14-7-11-6-13-11/h4-5,11H,6-7H2,1-3H3. The summed E-state index contributed by atoms with van der Waals surface area (Å²) in [7, 11) is 0. The van der Waals surface area contributed by atoms with Gasteiger partial charge in [0.1, 0.15) is 0 Å². The molecule has 1 aliphatic heterocycles. The summed E-state index contributed by atoms with van der Waals surface area (Å²) in [6.07, 6.45) is 0.514. The van der Waals surface area contributed by atoms with Crippen molar-refractivity contribution in [3.63, 3.8) is 0 Å². The van der Waals surface area contributed by atoms with Crippen LogP contribution in [0.3, 0.4) is 0 Å². The third kappa shape index (κ3) is 2.31. The lowest BCUT2D eigenvalue weighted by Gasteiger charge is -2.09. The minimum absolute atomic E-state index is 0.514. The van der Waals surface area contributed by atoms with Crippen LogP contribution < -0.4 is 0 Å². The molecule has 1 fully saturated rings. The van der Waals surface area contributed by atoms with Gasteiger partial charge in [-0.05, 0) is 31.9 Å². The van der Waals surface area contributed by atoms with Gasteiger partial charge in [-0.3, -0.25) is 0 Å². The van der Waals surface area contributed by atoms with E-state index in [4.69, 9.17) is 4.74 Å². The summed E-state index contributed by atoms with van der Waals surface area (Å²) in [5, 5.41) is 0. The van der Waals surface area contributed by atoms with Crippen molar-refractivity contribution in [2.75, 3.05) is 12.4 Å². The Morgan fingerprint density at radius 3 is 2.36 bits per heavy atom. The van der Waals surface area contributed by atoms with E-state index in [0.29, 0.717) is 6.10 Å². The topological polar surface area (TPSA) is 12.5 Å². The van der Waals surface area contributed by atoms with E-state index in [2.05, 4.69) is 32.9 Å². The third-order valence-electron chi connectivity index (χ3n) is 2.42. The first-order chi connectivity index (χ1) is 6.66. The molecule has 1 nitrogen and oxygen atoms in total. The van der Waals surface area contributed by atoms with Crippen molar-refractivity contribution in [3.05, 3.63) is 28.8 Å². The Balaban J connectivity index is 2.13. The highest BCUT2D eigenvalue weighted by Gasteiger charge is 2.22. The van der Waals surface area contributed by atoms with Crippen molar-refractivity contribution >= 4 is 11.8 Å². The predicted octanol–water partition coefficient (Wildman–Crippen LogP) is 3.10. The summed E-state index contributed by atoms with van der Waals surface area (Å²) in [5.74, 6) is 1.10. The Bertz CT molecular complexity index is 319. The largest absolute Gasteiger partial charge is 0.372 e. The van der Waals surface area contributed by atoms with Crippen molar-refractivity contribution < 1.29 is 4.74 Å². The second kappa shape index (κ2) is 3.95. The van der Waals surface area contributed by atoms with E-state index in [0.717, 1.165) is 12.4 Å². The van der Waals surface area contributed by atoms with Gasteiger partial charge in [-0.1, -0.05) is 17.7 Å². The lowest BCUT2D eigenvalue weighted by molar-refractivity contribution is 0.426. The molecule has 1 atom stereocenters. The SMILES string of the molecule is Cc1cc(C)c(SCC2CO2)c(C)c1. The van der Waals surface area contributed by atoms with Crippen LogP contribution in [-0.2, 0) is 4.74 Å². The minimum Gasteiger partial charge on any atom is -0.372 e. The van der Waals surface area contributed by atoms with Gasteiger partial charge in [0.15, 0.2) is 0 Å². The Kier molecular flexibility index (Phi) is 2.84. The van der Waals surface area contributed by atoms with E-state index in [9.17, 15) is 0 Å².